The average molecular weight is 268 g/mol. The average Bonchev–Trinajstić information content (AvgIpc) is 2.37. The summed E-state index contributed by atoms with van der Waals surface area (Å²) in [6, 6.07) is 2.94. The number of benzene rings is 1. The number of nitro groups is 1. The van der Waals surface area contributed by atoms with E-state index in [9.17, 15) is 19.3 Å². The monoisotopic (exact) mass is 268 g/mol. The lowest BCUT2D eigenvalue weighted by molar-refractivity contribution is -0.385. The van der Waals surface area contributed by atoms with Crippen LogP contribution in [-0.2, 0) is 0 Å². The first-order chi connectivity index (χ1) is 9.01. The van der Waals surface area contributed by atoms with Crippen molar-refractivity contribution in [2.75, 3.05) is 13.1 Å². The molecule has 0 N–H and O–H groups in total. The lowest BCUT2D eigenvalue weighted by atomic mass is 10.1. The van der Waals surface area contributed by atoms with Crippen LogP contribution in [0, 0.1) is 15.9 Å². The molecule has 0 unspecified atom stereocenters. The van der Waals surface area contributed by atoms with Gasteiger partial charge in [0.1, 0.15) is 11.4 Å². The molecule has 1 aromatic carbocycles. The molecule has 0 fully saturated rings. The molecule has 19 heavy (non-hydrogen) atoms. The first kappa shape index (κ1) is 15.1. The third kappa shape index (κ3) is 3.74. The van der Waals surface area contributed by atoms with E-state index in [1.165, 1.54) is 4.90 Å². The fourth-order valence-corrected chi connectivity index (χ4v) is 1.86. The second kappa shape index (κ2) is 6.82. The number of amides is 1. The van der Waals surface area contributed by atoms with Crippen LogP contribution in [0.1, 0.15) is 37.0 Å². The first-order valence-corrected chi connectivity index (χ1v) is 6.24. The summed E-state index contributed by atoms with van der Waals surface area (Å²) >= 11 is 0. The molecule has 0 bridgehead atoms. The Morgan fingerprint density at radius 3 is 2.37 bits per heavy atom. The Bertz CT molecular complexity index is 471. The molecule has 0 saturated carbocycles. The van der Waals surface area contributed by atoms with Crippen molar-refractivity contribution >= 4 is 11.6 Å². The van der Waals surface area contributed by atoms with Crippen molar-refractivity contribution in [3.05, 3.63) is 39.7 Å². The number of hydrogen-bond donors (Lipinski definition) is 0. The number of nitro benzene ring substituents is 1. The van der Waals surface area contributed by atoms with Gasteiger partial charge in [0.25, 0.3) is 11.6 Å². The molecule has 0 heterocycles. The van der Waals surface area contributed by atoms with Gasteiger partial charge in [0.15, 0.2) is 0 Å². The van der Waals surface area contributed by atoms with E-state index in [4.69, 9.17) is 0 Å². The Balaban J connectivity index is 3.15. The summed E-state index contributed by atoms with van der Waals surface area (Å²) in [7, 11) is 0. The van der Waals surface area contributed by atoms with Crippen LogP contribution >= 0.6 is 0 Å². The van der Waals surface area contributed by atoms with E-state index in [0.29, 0.717) is 13.1 Å². The number of carbonyl (C=O) groups is 1. The highest BCUT2D eigenvalue weighted by atomic mass is 19.1. The maximum Gasteiger partial charge on any atom is 0.282 e. The molecule has 0 aliphatic rings. The van der Waals surface area contributed by atoms with Crippen molar-refractivity contribution in [1.82, 2.24) is 4.90 Å². The van der Waals surface area contributed by atoms with E-state index in [1.54, 1.807) is 0 Å². The SMILES string of the molecule is CCCN(CCC)C(=O)c1cc(F)ccc1[N+](=O)[O-]. The Morgan fingerprint density at radius 1 is 1.32 bits per heavy atom. The highest BCUT2D eigenvalue weighted by Crippen LogP contribution is 2.21. The Morgan fingerprint density at radius 2 is 1.89 bits per heavy atom. The third-order valence-electron chi connectivity index (χ3n) is 2.66. The molecule has 0 aromatic heterocycles. The summed E-state index contributed by atoms with van der Waals surface area (Å²) in [4.78, 5) is 24.0. The van der Waals surface area contributed by atoms with Gasteiger partial charge in [-0.25, -0.2) is 4.39 Å². The Kier molecular flexibility index (Phi) is 5.41. The van der Waals surface area contributed by atoms with E-state index in [1.807, 2.05) is 13.8 Å². The quantitative estimate of drug-likeness (QED) is 0.588. The molecule has 0 aliphatic carbocycles. The standard InChI is InChI=1S/C13H17FN2O3/c1-3-7-15(8-4-2)13(17)11-9-10(14)5-6-12(11)16(18)19/h5-6,9H,3-4,7-8H2,1-2H3. The number of rotatable bonds is 6. The Hall–Kier alpha value is -1.98. The van der Waals surface area contributed by atoms with Gasteiger partial charge in [0.05, 0.1) is 4.92 Å². The summed E-state index contributed by atoms with van der Waals surface area (Å²) in [5.41, 5.74) is -0.546. The van der Waals surface area contributed by atoms with Crippen LogP contribution in [0.3, 0.4) is 0 Å². The van der Waals surface area contributed by atoms with Crippen LogP contribution in [0.4, 0.5) is 10.1 Å². The largest absolute Gasteiger partial charge is 0.338 e. The fourth-order valence-electron chi connectivity index (χ4n) is 1.86. The highest BCUT2D eigenvalue weighted by molar-refractivity contribution is 5.98. The number of nitrogens with zero attached hydrogens (tertiary/aromatic N) is 2. The van der Waals surface area contributed by atoms with Crippen molar-refractivity contribution in [2.24, 2.45) is 0 Å². The van der Waals surface area contributed by atoms with Gasteiger partial charge >= 0.3 is 0 Å². The molecular formula is C13H17FN2O3. The second-order valence-corrected chi connectivity index (χ2v) is 4.21. The predicted molar refractivity (Wildman–Crippen MR) is 69.5 cm³/mol. The molecule has 0 aliphatic heterocycles. The normalized spacial score (nSPS) is 10.3. The summed E-state index contributed by atoms with van der Waals surface area (Å²) in [5.74, 6) is -1.14. The van der Waals surface area contributed by atoms with E-state index in [2.05, 4.69) is 0 Å². The number of hydrogen-bond acceptors (Lipinski definition) is 3. The van der Waals surface area contributed by atoms with Crippen LogP contribution in [0.2, 0.25) is 0 Å². The van der Waals surface area contributed by atoms with E-state index in [-0.39, 0.29) is 11.3 Å². The van der Waals surface area contributed by atoms with Crippen LogP contribution < -0.4 is 0 Å². The second-order valence-electron chi connectivity index (χ2n) is 4.21. The molecule has 104 valence electrons. The number of halogens is 1. The van der Waals surface area contributed by atoms with Crippen molar-refractivity contribution in [2.45, 2.75) is 26.7 Å². The molecular weight excluding hydrogens is 251 g/mol. The third-order valence-corrected chi connectivity index (χ3v) is 2.66. The van der Waals surface area contributed by atoms with Gasteiger partial charge in [-0.3, -0.25) is 14.9 Å². The zero-order chi connectivity index (χ0) is 14.4. The molecule has 1 amide bonds. The molecule has 0 atom stereocenters. The van der Waals surface area contributed by atoms with Crippen LogP contribution in [-0.4, -0.2) is 28.8 Å². The summed E-state index contributed by atoms with van der Waals surface area (Å²) < 4.78 is 13.2. The zero-order valence-electron chi connectivity index (χ0n) is 11.1. The van der Waals surface area contributed by atoms with Gasteiger partial charge in [0.2, 0.25) is 0 Å². The molecule has 1 rings (SSSR count). The van der Waals surface area contributed by atoms with Crippen LogP contribution in [0.25, 0.3) is 0 Å². The van der Waals surface area contributed by atoms with Crippen molar-refractivity contribution in [1.29, 1.82) is 0 Å². The van der Waals surface area contributed by atoms with Crippen LogP contribution in [0.15, 0.2) is 18.2 Å². The summed E-state index contributed by atoms with van der Waals surface area (Å²) in [5, 5.41) is 10.9. The zero-order valence-corrected chi connectivity index (χ0v) is 11.1. The molecule has 0 spiro atoms. The highest BCUT2D eigenvalue weighted by Gasteiger charge is 2.24. The maximum absolute atomic E-state index is 13.2. The Labute approximate surface area is 111 Å². The molecule has 0 saturated heterocycles. The molecule has 0 radical (unpaired) electrons. The minimum Gasteiger partial charge on any atom is -0.338 e. The van der Waals surface area contributed by atoms with Crippen molar-refractivity contribution < 1.29 is 14.1 Å². The minimum absolute atomic E-state index is 0.188. The van der Waals surface area contributed by atoms with Gasteiger partial charge in [-0.1, -0.05) is 13.8 Å². The van der Waals surface area contributed by atoms with Gasteiger partial charge in [0, 0.05) is 19.2 Å². The van der Waals surface area contributed by atoms with Gasteiger partial charge < -0.3 is 4.90 Å². The topological polar surface area (TPSA) is 63.5 Å². The molecule has 5 nitrogen and oxygen atoms in total. The summed E-state index contributed by atoms with van der Waals surface area (Å²) in [6.07, 6.45) is 1.49. The lowest BCUT2D eigenvalue weighted by Crippen LogP contribution is -2.33. The van der Waals surface area contributed by atoms with Gasteiger partial charge in [-0.2, -0.15) is 0 Å². The van der Waals surface area contributed by atoms with E-state index < -0.39 is 16.6 Å². The smallest absolute Gasteiger partial charge is 0.282 e. The van der Waals surface area contributed by atoms with E-state index >= 15 is 0 Å². The fraction of sp³-hybridized carbons (Fsp3) is 0.462. The van der Waals surface area contributed by atoms with Crippen LogP contribution in [0.5, 0.6) is 0 Å². The van der Waals surface area contributed by atoms with Crippen molar-refractivity contribution in [3.8, 4) is 0 Å². The van der Waals surface area contributed by atoms with E-state index in [0.717, 1.165) is 31.0 Å². The van der Waals surface area contributed by atoms with Gasteiger partial charge in [-0.15, -0.1) is 0 Å². The predicted octanol–water partition coefficient (Wildman–Crippen LogP) is 3.00. The lowest BCUT2D eigenvalue weighted by Gasteiger charge is -2.21. The summed E-state index contributed by atoms with van der Waals surface area (Å²) in [6.45, 7) is 4.83. The van der Waals surface area contributed by atoms with Gasteiger partial charge in [-0.05, 0) is 25.0 Å². The minimum atomic E-state index is -0.664. The number of carbonyl (C=O) groups excluding carboxylic acids is 1. The molecule has 1 aromatic rings. The van der Waals surface area contributed by atoms with Crippen molar-refractivity contribution in [3.63, 3.8) is 0 Å². The maximum atomic E-state index is 13.2. The first-order valence-electron chi connectivity index (χ1n) is 6.24. The molecule has 6 heteroatoms.